The molecule has 0 bridgehead atoms. The summed E-state index contributed by atoms with van der Waals surface area (Å²) in [6.07, 6.45) is 0.977. The van der Waals surface area contributed by atoms with Crippen molar-refractivity contribution in [1.82, 2.24) is 4.98 Å². The van der Waals surface area contributed by atoms with Crippen molar-refractivity contribution < 1.29 is 14.3 Å². The van der Waals surface area contributed by atoms with Crippen LogP contribution in [0.1, 0.15) is 28.6 Å². The minimum absolute atomic E-state index is 0.156. The van der Waals surface area contributed by atoms with Crippen LogP contribution in [0.25, 0.3) is 0 Å². The lowest BCUT2D eigenvalue weighted by molar-refractivity contribution is 0.104. The smallest absolute Gasteiger partial charge is 0.206 e. The maximum absolute atomic E-state index is 12.6. The first-order valence-electron chi connectivity index (χ1n) is 7.13. The Morgan fingerprint density at radius 3 is 2.91 bits per heavy atom. The molecule has 1 aromatic heterocycles. The monoisotopic (exact) mass is 319 g/mol. The van der Waals surface area contributed by atoms with Crippen LogP contribution in [-0.2, 0) is 0 Å². The van der Waals surface area contributed by atoms with Crippen molar-refractivity contribution in [2.24, 2.45) is 0 Å². The van der Waals surface area contributed by atoms with Crippen LogP contribution < -0.4 is 20.5 Å². The van der Waals surface area contributed by atoms with E-state index in [1.807, 2.05) is 0 Å². The predicted octanol–water partition coefficient (Wildman–Crippen LogP) is 2.55. The number of benzene rings is 1. The topological polar surface area (TPSA) is 86.5 Å². The number of ether oxygens (including phenoxy) is 2. The maximum Gasteiger partial charge on any atom is 0.206 e. The Morgan fingerprint density at radius 1 is 1.36 bits per heavy atom. The summed E-state index contributed by atoms with van der Waals surface area (Å²) in [6, 6.07) is 5.15. The van der Waals surface area contributed by atoms with E-state index < -0.39 is 0 Å². The van der Waals surface area contributed by atoms with Crippen molar-refractivity contribution in [2.45, 2.75) is 13.3 Å². The van der Waals surface area contributed by atoms with Crippen LogP contribution in [0.5, 0.6) is 11.5 Å². The molecule has 0 atom stereocenters. The Bertz CT molecular complexity index is 699. The van der Waals surface area contributed by atoms with Crippen molar-refractivity contribution in [3.05, 3.63) is 28.6 Å². The molecule has 0 saturated heterocycles. The first kappa shape index (κ1) is 14.6. The SMILES string of the molecule is CCCNc1nc(N)c(C(=O)c2ccc3c(c2)OCCO3)s1. The van der Waals surface area contributed by atoms with Gasteiger partial charge in [0.1, 0.15) is 23.9 Å². The van der Waals surface area contributed by atoms with Crippen LogP contribution in [-0.4, -0.2) is 30.5 Å². The minimum atomic E-state index is -0.156. The molecular weight excluding hydrogens is 302 g/mol. The molecule has 0 saturated carbocycles. The number of nitrogens with two attached hydrogens (primary N) is 1. The molecule has 116 valence electrons. The Kier molecular flexibility index (Phi) is 4.15. The number of nitrogen functional groups attached to an aromatic ring is 1. The van der Waals surface area contributed by atoms with E-state index in [0.29, 0.717) is 40.3 Å². The van der Waals surface area contributed by atoms with E-state index in [4.69, 9.17) is 15.2 Å². The molecule has 3 N–H and O–H groups in total. The summed E-state index contributed by atoms with van der Waals surface area (Å²) >= 11 is 1.27. The second-order valence-corrected chi connectivity index (χ2v) is 5.85. The predicted molar refractivity (Wildman–Crippen MR) is 86.2 cm³/mol. The van der Waals surface area contributed by atoms with Crippen LogP contribution in [0, 0.1) is 0 Å². The number of carbonyl (C=O) groups is 1. The summed E-state index contributed by atoms with van der Waals surface area (Å²) in [4.78, 5) is 17.2. The fraction of sp³-hybridized carbons (Fsp3) is 0.333. The summed E-state index contributed by atoms with van der Waals surface area (Å²) in [5.41, 5.74) is 6.39. The molecule has 22 heavy (non-hydrogen) atoms. The molecule has 2 heterocycles. The fourth-order valence-electron chi connectivity index (χ4n) is 2.12. The largest absolute Gasteiger partial charge is 0.486 e. The van der Waals surface area contributed by atoms with Gasteiger partial charge in [-0.25, -0.2) is 4.98 Å². The van der Waals surface area contributed by atoms with Crippen LogP contribution in [0.15, 0.2) is 18.2 Å². The van der Waals surface area contributed by atoms with Crippen molar-refractivity contribution in [3.8, 4) is 11.5 Å². The van der Waals surface area contributed by atoms with Gasteiger partial charge in [0.15, 0.2) is 16.6 Å². The number of rotatable bonds is 5. The van der Waals surface area contributed by atoms with Crippen LogP contribution in [0.2, 0.25) is 0 Å². The standard InChI is InChI=1S/C15H17N3O3S/c1-2-5-17-15-18-14(16)13(22-15)12(19)9-3-4-10-11(8-9)21-7-6-20-10/h3-4,8H,2,5-7,16H2,1H3,(H,17,18). The third-order valence-electron chi connectivity index (χ3n) is 3.19. The lowest BCUT2D eigenvalue weighted by Gasteiger charge is -2.18. The van der Waals surface area contributed by atoms with Crippen LogP contribution in [0.4, 0.5) is 10.9 Å². The number of hydrogen-bond acceptors (Lipinski definition) is 7. The molecule has 1 aliphatic heterocycles. The number of aromatic nitrogens is 1. The highest BCUT2D eigenvalue weighted by Crippen LogP contribution is 2.33. The third-order valence-corrected chi connectivity index (χ3v) is 4.22. The van der Waals surface area contributed by atoms with Crippen LogP contribution in [0.3, 0.4) is 0 Å². The zero-order chi connectivity index (χ0) is 15.5. The number of hydrogen-bond donors (Lipinski definition) is 2. The van der Waals surface area contributed by atoms with Gasteiger partial charge in [0.05, 0.1) is 0 Å². The highest BCUT2D eigenvalue weighted by molar-refractivity contribution is 7.18. The highest BCUT2D eigenvalue weighted by atomic mass is 32.1. The molecule has 7 heteroatoms. The van der Waals surface area contributed by atoms with Crippen molar-refractivity contribution in [3.63, 3.8) is 0 Å². The summed E-state index contributed by atoms with van der Waals surface area (Å²) in [5, 5.41) is 3.81. The van der Waals surface area contributed by atoms with E-state index in [2.05, 4.69) is 17.2 Å². The molecule has 0 radical (unpaired) electrons. The number of nitrogens with zero attached hydrogens (tertiary/aromatic N) is 1. The summed E-state index contributed by atoms with van der Waals surface area (Å²) in [5.74, 6) is 1.34. The molecule has 0 fully saturated rings. The van der Waals surface area contributed by atoms with Gasteiger partial charge in [-0.15, -0.1) is 0 Å². The quantitative estimate of drug-likeness (QED) is 0.824. The lowest BCUT2D eigenvalue weighted by Crippen LogP contribution is -2.15. The van der Waals surface area contributed by atoms with E-state index in [-0.39, 0.29) is 11.6 Å². The van der Waals surface area contributed by atoms with Crippen molar-refractivity contribution in [2.75, 3.05) is 30.8 Å². The molecule has 0 amide bonds. The second-order valence-electron chi connectivity index (χ2n) is 4.85. The molecule has 1 aliphatic rings. The number of anilines is 2. The summed E-state index contributed by atoms with van der Waals surface area (Å²) in [6.45, 7) is 3.86. The van der Waals surface area contributed by atoms with Gasteiger partial charge < -0.3 is 20.5 Å². The van der Waals surface area contributed by atoms with Gasteiger partial charge >= 0.3 is 0 Å². The molecule has 0 aliphatic carbocycles. The maximum atomic E-state index is 12.6. The minimum Gasteiger partial charge on any atom is -0.486 e. The number of ketones is 1. The number of fused-ring (bicyclic) bond motifs is 1. The molecule has 2 aromatic rings. The third kappa shape index (κ3) is 2.85. The second kappa shape index (κ2) is 6.23. The van der Waals surface area contributed by atoms with Crippen LogP contribution >= 0.6 is 11.3 Å². The average molecular weight is 319 g/mol. The van der Waals surface area contributed by atoms with E-state index in [9.17, 15) is 4.79 Å². The van der Waals surface area contributed by atoms with Crippen molar-refractivity contribution >= 4 is 28.1 Å². The van der Waals surface area contributed by atoms with E-state index in [1.54, 1.807) is 18.2 Å². The average Bonchev–Trinajstić information content (AvgIpc) is 2.92. The van der Waals surface area contributed by atoms with Crippen molar-refractivity contribution in [1.29, 1.82) is 0 Å². The Hall–Kier alpha value is -2.28. The van der Waals surface area contributed by atoms with Gasteiger partial charge in [0.25, 0.3) is 0 Å². The highest BCUT2D eigenvalue weighted by Gasteiger charge is 2.20. The van der Waals surface area contributed by atoms with Gasteiger partial charge in [0, 0.05) is 12.1 Å². The van der Waals surface area contributed by atoms with Gasteiger partial charge in [-0.05, 0) is 24.6 Å². The Balaban J connectivity index is 1.86. The fourth-order valence-corrected chi connectivity index (χ4v) is 2.99. The molecule has 0 unspecified atom stereocenters. The number of thiazole rings is 1. The molecule has 6 nitrogen and oxygen atoms in total. The lowest BCUT2D eigenvalue weighted by atomic mass is 10.1. The first-order chi connectivity index (χ1) is 10.7. The summed E-state index contributed by atoms with van der Waals surface area (Å²) < 4.78 is 11.0. The van der Waals surface area contributed by atoms with E-state index >= 15 is 0 Å². The Morgan fingerprint density at radius 2 is 2.14 bits per heavy atom. The number of carbonyl (C=O) groups excluding carboxylic acids is 1. The van der Waals surface area contributed by atoms with E-state index in [0.717, 1.165) is 13.0 Å². The molecule has 0 spiro atoms. The first-order valence-corrected chi connectivity index (χ1v) is 7.95. The van der Waals surface area contributed by atoms with Gasteiger partial charge in [0.2, 0.25) is 5.78 Å². The zero-order valence-electron chi connectivity index (χ0n) is 12.2. The van der Waals surface area contributed by atoms with Gasteiger partial charge in [-0.2, -0.15) is 0 Å². The molecule has 3 rings (SSSR count). The normalized spacial score (nSPS) is 13.0. The molecular formula is C15H17N3O3S. The molecule has 1 aromatic carbocycles. The van der Waals surface area contributed by atoms with Gasteiger partial charge in [-0.3, -0.25) is 4.79 Å². The number of nitrogens with one attached hydrogen (secondary N) is 1. The zero-order valence-corrected chi connectivity index (χ0v) is 13.0. The Labute approximate surface area is 132 Å². The summed E-state index contributed by atoms with van der Waals surface area (Å²) in [7, 11) is 0. The van der Waals surface area contributed by atoms with Gasteiger partial charge in [-0.1, -0.05) is 18.3 Å². The van der Waals surface area contributed by atoms with E-state index in [1.165, 1.54) is 11.3 Å².